The standard InChI is InChI=1S/C14H20N2O3.C2HF3O2/c1-15(2)14(17)13-7-11-12(19-13)3-5-16(11)8-10-4-6-18-9-10;3-2(4,5)1(6)7/h4,6,9,11-13H,3,5,7-8H2,1-2H3;(H,6,7)/t11-,12-,13+;/m1./s1. The summed E-state index contributed by atoms with van der Waals surface area (Å²) in [5, 5.41) is 7.12. The summed E-state index contributed by atoms with van der Waals surface area (Å²) in [4.78, 5) is 24.9. The lowest BCUT2D eigenvalue weighted by molar-refractivity contribution is -0.192. The van der Waals surface area contributed by atoms with E-state index in [2.05, 4.69) is 4.90 Å². The maximum Gasteiger partial charge on any atom is 0.490 e. The molecular formula is C16H21F3N2O5. The lowest BCUT2D eigenvalue weighted by atomic mass is 10.1. The molecular weight excluding hydrogens is 357 g/mol. The molecule has 2 aliphatic rings. The van der Waals surface area contributed by atoms with Gasteiger partial charge >= 0.3 is 12.1 Å². The van der Waals surface area contributed by atoms with Gasteiger partial charge in [0.2, 0.25) is 0 Å². The highest BCUT2D eigenvalue weighted by Crippen LogP contribution is 2.34. The molecule has 0 radical (unpaired) electrons. The first-order valence-corrected chi connectivity index (χ1v) is 8.01. The van der Waals surface area contributed by atoms with Crippen molar-refractivity contribution >= 4 is 11.9 Å². The van der Waals surface area contributed by atoms with Crippen LogP contribution in [0.5, 0.6) is 0 Å². The fraction of sp³-hybridized carbons (Fsp3) is 0.625. The van der Waals surface area contributed by atoms with Crippen LogP contribution < -0.4 is 0 Å². The van der Waals surface area contributed by atoms with Crippen molar-refractivity contribution in [3.05, 3.63) is 24.2 Å². The minimum Gasteiger partial charge on any atom is -0.475 e. The average molecular weight is 378 g/mol. The summed E-state index contributed by atoms with van der Waals surface area (Å²) >= 11 is 0. The zero-order valence-corrected chi connectivity index (χ0v) is 14.4. The molecule has 0 aliphatic carbocycles. The third-order valence-electron chi connectivity index (χ3n) is 4.32. The zero-order valence-electron chi connectivity index (χ0n) is 14.4. The maximum absolute atomic E-state index is 12.0. The monoisotopic (exact) mass is 378 g/mol. The van der Waals surface area contributed by atoms with Crippen molar-refractivity contribution in [1.29, 1.82) is 0 Å². The number of carboxylic acids is 1. The van der Waals surface area contributed by atoms with Gasteiger partial charge in [-0.15, -0.1) is 0 Å². The van der Waals surface area contributed by atoms with Crippen molar-refractivity contribution in [3.8, 4) is 0 Å². The number of aliphatic carboxylic acids is 1. The lowest BCUT2D eigenvalue weighted by Gasteiger charge is -2.22. The van der Waals surface area contributed by atoms with E-state index in [4.69, 9.17) is 19.1 Å². The second-order valence-corrected chi connectivity index (χ2v) is 6.39. The number of ether oxygens (including phenoxy) is 1. The average Bonchev–Trinajstić information content (AvgIpc) is 3.25. The molecule has 10 heteroatoms. The molecule has 3 atom stereocenters. The summed E-state index contributed by atoms with van der Waals surface area (Å²) in [5.41, 5.74) is 1.18. The topological polar surface area (TPSA) is 83.2 Å². The number of hydrogen-bond acceptors (Lipinski definition) is 5. The zero-order chi connectivity index (χ0) is 19.5. The molecule has 0 aromatic carbocycles. The van der Waals surface area contributed by atoms with Crippen LogP contribution >= 0.6 is 0 Å². The highest BCUT2D eigenvalue weighted by Gasteiger charge is 2.45. The van der Waals surface area contributed by atoms with Crippen molar-refractivity contribution < 1.29 is 37.0 Å². The van der Waals surface area contributed by atoms with Crippen LogP contribution in [-0.4, -0.2) is 71.8 Å². The van der Waals surface area contributed by atoms with Crippen molar-refractivity contribution in [2.45, 2.75) is 43.8 Å². The molecule has 26 heavy (non-hydrogen) atoms. The molecule has 1 amide bonds. The Morgan fingerprint density at radius 1 is 1.38 bits per heavy atom. The highest BCUT2D eigenvalue weighted by atomic mass is 19.4. The molecule has 7 nitrogen and oxygen atoms in total. The fourth-order valence-corrected chi connectivity index (χ4v) is 3.09. The highest BCUT2D eigenvalue weighted by molar-refractivity contribution is 5.80. The van der Waals surface area contributed by atoms with Crippen LogP contribution in [0, 0.1) is 0 Å². The molecule has 146 valence electrons. The van der Waals surface area contributed by atoms with Gasteiger partial charge in [0.05, 0.1) is 18.6 Å². The second kappa shape index (κ2) is 8.09. The van der Waals surface area contributed by atoms with Crippen LogP contribution in [0.2, 0.25) is 0 Å². The molecule has 3 heterocycles. The molecule has 1 N–H and O–H groups in total. The smallest absolute Gasteiger partial charge is 0.475 e. The Kier molecular flexibility index (Phi) is 6.30. The van der Waals surface area contributed by atoms with Gasteiger partial charge in [-0.2, -0.15) is 13.2 Å². The van der Waals surface area contributed by atoms with Crippen LogP contribution in [-0.2, 0) is 20.9 Å². The molecule has 2 aliphatic heterocycles. The summed E-state index contributed by atoms with van der Waals surface area (Å²) in [5.74, 6) is -2.68. The normalized spacial score (nSPS) is 25.3. The van der Waals surface area contributed by atoms with Gasteiger partial charge in [-0.1, -0.05) is 0 Å². The SMILES string of the molecule is CN(C)C(=O)[C@@H]1C[C@@H]2[C@@H](CCN2Cc2ccoc2)O1.O=C(O)C(F)(F)F. The number of rotatable bonds is 3. The van der Waals surface area contributed by atoms with Gasteiger partial charge in [0, 0.05) is 45.2 Å². The van der Waals surface area contributed by atoms with E-state index in [1.54, 1.807) is 31.5 Å². The van der Waals surface area contributed by atoms with E-state index in [1.165, 1.54) is 5.56 Å². The number of carboxylic acid groups (broad SMARTS) is 1. The minimum absolute atomic E-state index is 0.0812. The van der Waals surface area contributed by atoms with Gasteiger partial charge < -0.3 is 19.2 Å². The van der Waals surface area contributed by atoms with Gasteiger partial charge in [0.1, 0.15) is 6.10 Å². The number of furan rings is 1. The molecule has 0 spiro atoms. The fourth-order valence-electron chi connectivity index (χ4n) is 3.09. The number of carbonyl (C=O) groups is 2. The number of carbonyl (C=O) groups excluding carboxylic acids is 1. The molecule has 0 saturated carbocycles. The van der Waals surface area contributed by atoms with E-state index in [-0.39, 0.29) is 18.1 Å². The number of likely N-dealkylation sites (N-methyl/N-ethyl adjacent to an activating group) is 1. The number of likely N-dealkylation sites (tertiary alicyclic amines) is 1. The number of halogens is 3. The summed E-state index contributed by atoms with van der Waals surface area (Å²) < 4.78 is 42.7. The molecule has 2 fully saturated rings. The van der Waals surface area contributed by atoms with Gasteiger partial charge in [0.25, 0.3) is 5.91 Å². The first-order valence-electron chi connectivity index (χ1n) is 8.01. The van der Waals surface area contributed by atoms with Gasteiger partial charge in [-0.05, 0) is 12.5 Å². The van der Waals surface area contributed by atoms with E-state index < -0.39 is 12.1 Å². The number of fused-ring (bicyclic) bond motifs is 1. The Morgan fingerprint density at radius 2 is 2.04 bits per heavy atom. The third-order valence-corrected chi connectivity index (χ3v) is 4.32. The predicted molar refractivity (Wildman–Crippen MR) is 83.2 cm³/mol. The van der Waals surface area contributed by atoms with Crippen LogP contribution in [0.25, 0.3) is 0 Å². The number of amides is 1. The number of nitrogens with zero attached hydrogens (tertiary/aromatic N) is 2. The third kappa shape index (κ3) is 4.98. The summed E-state index contributed by atoms with van der Waals surface area (Å²) in [6.07, 6.45) is 0.162. The molecule has 0 unspecified atom stereocenters. The number of alkyl halides is 3. The predicted octanol–water partition coefficient (Wildman–Crippen LogP) is 1.73. The molecule has 1 aromatic heterocycles. The summed E-state index contributed by atoms with van der Waals surface area (Å²) in [6, 6.07) is 2.36. The molecule has 3 rings (SSSR count). The van der Waals surface area contributed by atoms with E-state index in [0.717, 1.165) is 25.9 Å². The Balaban J connectivity index is 0.000000298. The van der Waals surface area contributed by atoms with E-state index >= 15 is 0 Å². The Hall–Kier alpha value is -2.07. The van der Waals surface area contributed by atoms with Crippen molar-refractivity contribution in [1.82, 2.24) is 9.80 Å². The van der Waals surface area contributed by atoms with Crippen LogP contribution in [0.15, 0.2) is 23.0 Å². The number of hydrogen-bond donors (Lipinski definition) is 1. The first kappa shape index (κ1) is 20.2. The lowest BCUT2D eigenvalue weighted by Crippen LogP contribution is -2.35. The largest absolute Gasteiger partial charge is 0.490 e. The van der Waals surface area contributed by atoms with Crippen molar-refractivity contribution in [2.24, 2.45) is 0 Å². The molecule has 0 bridgehead atoms. The maximum atomic E-state index is 12.0. The van der Waals surface area contributed by atoms with Crippen LogP contribution in [0.3, 0.4) is 0 Å². The summed E-state index contributed by atoms with van der Waals surface area (Å²) in [7, 11) is 3.56. The molecule has 2 saturated heterocycles. The molecule has 1 aromatic rings. The Morgan fingerprint density at radius 3 is 2.54 bits per heavy atom. The van der Waals surface area contributed by atoms with Crippen molar-refractivity contribution in [2.75, 3.05) is 20.6 Å². The van der Waals surface area contributed by atoms with Gasteiger partial charge in [-0.3, -0.25) is 9.69 Å². The first-order chi connectivity index (χ1) is 12.1. The van der Waals surface area contributed by atoms with Gasteiger partial charge in [0.15, 0.2) is 0 Å². The Bertz CT molecular complexity index is 618. The van der Waals surface area contributed by atoms with Crippen LogP contribution in [0.4, 0.5) is 13.2 Å². The van der Waals surface area contributed by atoms with E-state index in [0.29, 0.717) is 6.04 Å². The van der Waals surface area contributed by atoms with Crippen molar-refractivity contribution in [3.63, 3.8) is 0 Å². The van der Waals surface area contributed by atoms with Gasteiger partial charge in [-0.25, -0.2) is 4.79 Å². The quantitative estimate of drug-likeness (QED) is 0.863. The van der Waals surface area contributed by atoms with E-state index in [9.17, 15) is 18.0 Å². The second-order valence-electron chi connectivity index (χ2n) is 6.39. The summed E-state index contributed by atoms with van der Waals surface area (Å²) in [6.45, 7) is 1.91. The minimum atomic E-state index is -5.08. The van der Waals surface area contributed by atoms with Crippen LogP contribution in [0.1, 0.15) is 18.4 Å². The Labute approximate surface area is 148 Å². The van der Waals surface area contributed by atoms with E-state index in [1.807, 2.05) is 6.07 Å².